The van der Waals surface area contributed by atoms with Crippen molar-refractivity contribution < 1.29 is 18.0 Å². The number of hydrogen-bond donors (Lipinski definition) is 0. The molecule has 1 aromatic carbocycles. The molecule has 6 nitrogen and oxygen atoms in total. The zero-order valence-corrected chi connectivity index (χ0v) is 28.2. The minimum absolute atomic E-state index is 0.00936. The number of fused-ring (bicyclic) bond motifs is 1. The third kappa shape index (κ3) is 7.24. The van der Waals surface area contributed by atoms with Crippen LogP contribution in [0.4, 0.5) is 24.5 Å². The first-order valence-corrected chi connectivity index (χ1v) is 17.3. The highest BCUT2D eigenvalue weighted by atomic mass is 19.4. The van der Waals surface area contributed by atoms with Gasteiger partial charge in [0.25, 0.3) is 0 Å². The van der Waals surface area contributed by atoms with Crippen molar-refractivity contribution in [1.29, 1.82) is 0 Å². The number of ketones is 1. The van der Waals surface area contributed by atoms with Crippen LogP contribution >= 0.6 is 0 Å². The highest BCUT2D eigenvalue weighted by molar-refractivity contribution is 5.95. The molecule has 0 spiro atoms. The SMILES string of the molecule is CC(=O)CC(C)(C)Cc1c(-c2cc(N3CCN(C4CC4)CC3)cnc2C(C)C)n(CC(F)(F)F)c2ccc(N3CCCCC3)cc12. The van der Waals surface area contributed by atoms with Crippen molar-refractivity contribution in [2.45, 2.75) is 104 Å². The maximum atomic E-state index is 14.5. The molecule has 0 N–H and O–H groups in total. The van der Waals surface area contributed by atoms with E-state index in [0.717, 1.165) is 85.7 Å². The first-order valence-electron chi connectivity index (χ1n) is 17.3. The summed E-state index contributed by atoms with van der Waals surface area (Å²) in [6.45, 7) is 14.4. The lowest BCUT2D eigenvalue weighted by molar-refractivity contribution is -0.139. The van der Waals surface area contributed by atoms with Gasteiger partial charge in [0.15, 0.2) is 0 Å². The van der Waals surface area contributed by atoms with E-state index in [1.807, 2.05) is 18.3 Å². The molecule has 250 valence electrons. The van der Waals surface area contributed by atoms with Gasteiger partial charge in [0.05, 0.1) is 23.3 Å². The first-order chi connectivity index (χ1) is 21.8. The number of halogens is 3. The Labute approximate surface area is 271 Å². The van der Waals surface area contributed by atoms with Gasteiger partial charge in [-0.3, -0.25) is 9.88 Å². The number of alkyl halides is 3. The van der Waals surface area contributed by atoms with Crippen LogP contribution in [0.3, 0.4) is 0 Å². The van der Waals surface area contributed by atoms with Crippen molar-refractivity contribution in [3.8, 4) is 11.3 Å². The van der Waals surface area contributed by atoms with Crippen LogP contribution in [0.15, 0.2) is 30.5 Å². The summed E-state index contributed by atoms with van der Waals surface area (Å²) in [4.78, 5) is 24.6. The number of Topliss-reactive ketones (excluding diaryl/α,β-unsaturated/α-hetero) is 1. The quantitative estimate of drug-likeness (QED) is 0.224. The van der Waals surface area contributed by atoms with Crippen LogP contribution in [-0.2, 0) is 17.8 Å². The van der Waals surface area contributed by atoms with Crippen LogP contribution < -0.4 is 9.80 Å². The molecule has 4 heterocycles. The fraction of sp³-hybridized carbons (Fsp3) is 0.622. The first kappa shape index (κ1) is 32.9. The predicted octanol–water partition coefficient (Wildman–Crippen LogP) is 8.21. The van der Waals surface area contributed by atoms with Crippen molar-refractivity contribution in [2.24, 2.45) is 5.41 Å². The van der Waals surface area contributed by atoms with Gasteiger partial charge in [0.1, 0.15) is 12.3 Å². The molecular weight excluding hydrogens is 587 g/mol. The lowest BCUT2D eigenvalue weighted by Crippen LogP contribution is -2.47. The third-order valence-electron chi connectivity index (χ3n) is 10.0. The lowest BCUT2D eigenvalue weighted by Gasteiger charge is -2.36. The summed E-state index contributed by atoms with van der Waals surface area (Å²) >= 11 is 0. The van der Waals surface area contributed by atoms with Crippen molar-refractivity contribution in [3.63, 3.8) is 0 Å². The molecule has 46 heavy (non-hydrogen) atoms. The number of benzene rings is 1. The highest BCUT2D eigenvalue weighted by Crippen LogP contribution is 2.44. The molecule has 1 aliphatic carbocycles. The van der Waals surface area contributed by atoms with Gasteiger partial charge in [0, 0.05) is 73.9 Å². The normalized spacial score (nSPS) is 18.6. The molecule has 0 unspecified atom stereocenters. The molecule has 3 aromatic rings. The van der Waals surface area contributed by atoms with E-state index in [1.54, 1.807) is 6.92 Å². The zero-order chi connectivity index (χ0) is 32.8. The topological polar surface area (TPSA) is 44.6 Å². The van der Waals surface area contributed by atoms with Gasteiger partial charge in [-0.15, -0.1) is 0 Å². The van der Waals surface area contributed by atoms with Gasteiger partial charge in [-0.2, -0.15) is 13.2 Å². The van der Waals surface area contributed by atoms with E-state index < -0.39 is 18.1 Å². The third-order valence-corrected chi connectivity index (χ3v) is 10.0. The van der Waals surface area contributed by atoms with Crippen molar-refractivity contribution >= 4 is 28.1 Å². The standard InChI is InChI=1S/C37H50F3N5O/c1-25(2)34-31(20-29(23-41-34)44-17-15-43(16-18-44)27-9-10-27)35-32(22-36(4,5)21-26(3)46)30-19-28(42-13-7-6-8-14-42)11-12-33(30)45(35)24-37(38,39)40/h11-12,19-20,23,25,27H,6-10,13-18,21-22,24H2,1-5H3. The molecule has 3 fully saturated rings. The Balaban J connectivity index is 1.55. The molecule has 9 heteroatoms. The fourth-order valence-electron chi connectivity index (χ4n) is 7.88. The molecule has 6 rings (SSSR count). The van der Waals surface area contributed by atoms with Crippen LogP contribution in [0.5, 0.6) is 0 Å². The van der Waals surface area contributed by atoms with Gasteiger partial charge >= 0.3 is 6.18 Å². The molecule has 0 amide bonds. The largest absolute Gasteiger partial charge is 0.406 e. The molecule has 2 saturated heterocycles. The summed E-state index contributed by atoms with van der Waals surface area (Å²) < 4.78 is 45.0. The summed E-state index contributed by atoms with van der Waals surface area (Å²) in [6, 6.07) is 8.81. The molecule has 3 aliphatic rings. The van der Waals surface area contributed by atoms with Crippen molar-refractivity contribution in [3.05, 3.63) is 41.7 Å². The fourth-order valence-corrected chi connectivity index (χ4v) is 7.88. The van der Waals surface area contributed by atoms with Crippen LogP contribution in [0.1, 0.15) is 90.3 Å². The van der Waals surface area contributed by atoms with E-state index in [4.69, 9.17) is 4.98 Å². The van der Waals surface area contributed by atoms with E-state index >= 15 is 0 Å². The van der Waals surface area contributed by atoms with Gasteiger partial charge in [0.2, 0.25) is 0 Å². The van der Waals surface area contributed by atoms with Crippen molar-refractivity contribution in [1.82, 2.24) is 14.5 Å². The number of aromatic nitrogens is 2. The van der Waals surface area contributed by atoms with Crippen LogP contribution in [0, 0.1) is 5.41 Å². The smallest absolute Gasteiger partial charge is 0.372 e. The van der Waals surface area contributed by atoms with E-state index in [0.29, 0.717) is 30.1 Å². The Kier molecular flexibility index (Phi) is 9.18. The molecular formula is C37H50F3N5O. The second kappa shape index (κ2) is 12.9. The second-order valence-electron chi connectivity index (χ2n) is 15.0. The maximum Gasteiger partial charge on any atom is 0.406 e. The van der Waals surface area contributed by atoms with Gasteiger partial charge in [-0.05, 0) is 86.6 Å². The Bertz CT molecular complexity index is 1560. The van der Waals surface area contributed by atoms with Gasteiger partial charge in [-0.25, -0.2) is 0 Å². The average molecular weight is 638 g/mol. The lowest BCUT2D eigenvalue weighted by atomic mass is 9.80. The van der Waals surface area contributed by atoms with Crippen LogP contribution in [0.2, 0.25) is 0 Å². The minimum atomic E-state index is -4.42. The van der Waals surface area contributed by atoms with Gasteiger partial charge in [-0.1, -0.05) is 27.7 Å². The highest BCUT2D eigenvalue weighted by Gasteiger charge is 2.35. The number of anilines is 2. The Morgan fingerprint density at radius 1 is 0.935 bits per heavy atom. The summed E-state index contributed by atoms with van der Waals surface area (Å²) in [5.41, 5.74) is 5.19. The van der Waals surface area contributed by atoms with E-state index in [9.17, 15) is 18.0 Å². The number of pyridine rings is 1. The van der Waals surface area contributed by atoms with Crippen molar-refractivity contribution in [2.75, 3.05) is 49.1 Å². The van der Waals surface area contributed by atoms with Gasteiger partial charge < -0.3 is 19.2 Å². The van der Waals surface area contributed by atoms with E-state index in [-0.39, 0.29) is 11.7 Å². The molecule has 0 atom stereocenters. The summed E-state index contributed by atoms with van der Waals surface area (Å²) in [7, 11) is 0. The van der Waals surface area contributed by atoms with E-state index in [2.05, 4.69) is 54.5 Å². The maximum absolute atomic E-state index is 14.5. The molecule has 1 saturated carbocycles. The number of carbonyl (C=O) groups is 1. The Morgan fingerprint density at radius 3 is 2.22 bits per heavy atom. The predicted molar refractivity (Wildman–Crippen MR) is 181 cm³/mol. The van der Waals surface area contributed by atoms with Crippen LogP contribution in [-0.4, -0.2) is 71.7 Å². The summed E-state index contributed by atoms with van der Waals surface area (Å²) in [6.07, 6.45) is 4.31. The van der Waals surface area contributed by atoms with Crippen LogP contribution in [0.25, 0.3) is 22.2 Å². The minimum Gasteiger partial charge on any atom is -0.372 e. The number of piperidine rings is 1. The number of piperazine rings is 1. The number of rotatable bonds is 10. The Morgan fingerprint density at radius 2 is 1.61 bits per heavy atom. The van der Waals surface area contributed by atoms with E-state index in [1.165, 1.54) is 23.8 Å². The molecule has 2 aromatic heterocycles. The number of nitrogens with zero attached hydrogens (tertiary/aromatic N) is 5. The summed E-state index contributed by atoms with van der Waals surface area (Å²) in [5.74, 6) is 0.0894. The average Bonchev–Trinajstić information content (AvgIpc) is 3.81. The number of hydrogen-bond acceptors (Lipinski definition) is 5. The second-order valence-corrected chi connectivity index (χ2v) is 15.0. The summed E-state index contributed by atoms with van der Waals surface area (Å²) in [5, 5.41) is 0.845. The molecule has 0 bridgehead atoms. The molecule has 2 aliphatic heterocycles. The molecule has 0 radical (unpaired) electrons. The monoisotopic (exact) mass is 637 g/mol. The number of carbonyl (C=O) groups excluding carboxylic acids is 1. The zero-order valence-electron chi connectivity index (χ0n) is 28.2. The Hall–Kier alpha value is -3.07.